The maximum atomic E-state index is 5.83. The van der Waals surface area contributed by atoms with Gasteiger partial charge in [-0.1, -0.05) is 17.4 Å². The number of rotatable bonds is 4. The van der Waals surface area contributed by atoms with Gasteiger partial charge in [0.1, 0.15) is 10.0 Å². The van der Waals surface area contributed by atoms with Gasteiger partial charge in [-0.15, -0.1) is 10.2 Å². The zero-order valence-corrected chi connectivity index (χ0v) is 11.4. The first-order valence-electron chi connectivity index (χ1n) is 5.32. The molecule has 0 saturated carbocycles. The van der Waals surface area contributed by atoms with Gasteiger partial charge in [-0.3, -0.25) is 0 Å². The fraction of sp³-hybridized carbons (Fsp3) is 0.364. The lowest BCUT2D eigenvalue weighted by Crippen LogP contribution is -2.18. The van der Waals surface area contributed by atoms with Crippen LogP contribution in [-0.4, -0.2) is 21.2 Å². The Balaban J connectivity index is 2.20. The normalized spacial score (nSPS) is 12.6. The summed E-state index contributed by atoms with van der Waals surface area (Å²) in [4.78, 5) is 4.38. The zero-order chi connectivity index (χ0) is 12.3. The van der Waals surface area contributed by atoms with Gasteiger partial charge in [0.2, 0.25) is 0 Å². The molecular weight excluding hydrogens is 252 g/mol. The van der Waals surface area contributed by atoms with Gasteiger partial charge in [0.15, 0.2) is 4.34 Å². The second-order valence-electron chi connectivity index (χ2n) is 3.84. The van der Waals surface area contributed by atoms with Crippen molar-refractivity contribution >= 4 is 23.1 Å². The Kier molecular flexibility index (Phi) is 4.09. The second-order valence-corrected chi connectivity index (χ2v) is 6.26. The van der Waals surface area contributed by atoms with Crippen LogP contribution in [0, 0.1) is 6.92 Å². The first-order chi connectivity index (χ1) is 8.15. The molecule has 2 heterocycles. The van der Waals surface area contributed by atoms with Gasteiger partial charge in [0.25, 0.3) is 0 Å². The van der Waals surface area contributed by atoms with Crippen LogP contribution in [0.25, 0.3) is 0 Å². The molecule has 17 heavy (non-hydrogen) atoms. The van der Waals surface area contributed by atoms with Crippen molar-refractivity contribution in [1.29, 1.82) is 0 Å². The predicted molar refractivity (Wildman–Crippen MR) is 70.4 cm³/mol. The Morgan fingerprint density at radius 3 is 2.94 bits per heavy atom. The van der Waals surface area contributed by atoms with E-state index in [1.165, 1.54) is 5.56 Å². The van der Waals surface area contributed by atoms with Crippen LogP contribution >= 0.6 is 23.1 Å². The second kappa shape index (κ2) is 5.57. The van der Waals surface area contributed by atoms with E-state index in [0.29, 0.717) is 0 Å². The van der Waals surface area contributed by atoms with Crippen LogP contribution in [0.15, 0.2) is 27.7 Å². The number of aryl methyl sites for hydroxylation is 1. The summed E-state index contributed by atoms with van der Waals surface area (Å²) in [6, 6.07) is 4.13. The fourth-order valence-corrected chi connectivity index (χ4v) is 3.24. The number of hydrogen-bond acceptors (Lipinski definition) is 6. The van der Waals surface area contributed by atoms with Crippen molar-refractivity contribution in [2.75, 3.05) is 0 Å². The minimum atomic E-state index is 0.134. The number of hydrogen-bond donors (Lipinski definition) is 1. The van der Waals surface area contributed by atoms with Crippen LogP contribution in [0.5, 0.6) is 0 Å². The third-order valence-corrected chi connectivity index (χ3v) is 4.03. The van der Waals surface area contributed by atoms with Gasteiger partial charge >= 0.3 is 0 Å². The molecule has 4 nitrogen and oxygen atoms in total. The summed E-state index contributed by atoms with van der Waals surface area (Å²) in [5, 5.41) is 10.0. The molecule has 0 saturated heterocycles. The van der Waals surface area contributed by atoms with E-state index in [2.05, 4.69) is 21.2 Å². The molecule has 2 rings (SSSR count). The fourth-order valence-electron chi connectivity index (χ4n) is 1.42. The SMILES string of the molecule is Cc1nnc(Sc2ncccc2CC(C)N)s1. The summed E-state index contributed by atoms with van der Waals surface area (Å²) in [7, 11) is 0. The smallest absolute Gasteiger partial charge is 0.180 e. The van der Waals surface area contributed by atoms with Crippen molar-refractivity contribution in [2.24, 2.45) is 5.73 Å². The Hall–Kier alpha value is -0.980. The van der Waals surface area contributed by atoms with Crippen molar-refractivity contribution in [2.45, 2.75) is 35.7 Å². The molecule has 0 aliphatic rings. The predicted octanol–water partition coefficient (Wildman–Crippen LogP) is 2.28. The summed E-state index contributed by atoms with van der Waals surface area (Å²) in [5.41, 5.74) is 7.00. The zero-order valence-electron chi connectivity index (χ0n) is 9.75. The highest BCUT2D eigenvalue weighted by molar-refractivity contribution is 8.01. The Labute approximate surface area is 109 Å². The molecule has 6 heteroatoms. The van der Waals surface area contributed by atoms with E-state index in [1.54, 1.807) is 29.3 Å². The highest BCUT2D eigenvalue weighted by Crippen LogP contribution is 2.30. The summed E-state index contributed by atoms with van der Waals surface area (Å²) >= 11 is 3.13. The summed E-state index contributed by atoms with van der Waals surface area (Å²) < 4.78 is 0.923. The maximum Gasteiger partial charge on any atom is 0.180 e. The molecular formula is C11H14N4S2. The lowest BCUT2D eigenvalue weighted by Gasteiger charge is -2.08. The largest absolute Gasteiger partial charge is 0.328 e. The highest BCUT2D eigenvalue weighted by atomic mass is 32.2. The van der Waals surface area contributed by atoms with Crippen LogP contribution in [0.1, 0.15) is 17.5 Å². The number of nitrogens with two attached hydrogens (primary N) is 1. The monoisotopic (exact) mass is 266 g/mol. The first-order valence-corrected chi connectivity index (χ1v) is 6.96. The molecule has 0 radical (unpaired) electrons. The van der Waals surface area contributed by atoms with E-state index in [4.69, 9.17) is 5.73 Å². The summed E-state index contributed by atoms with van der Waals surface area (Å²) in [6.07, 6.45) is 2.62. The highest BCUT2D eigenvalue weighted by Gasteiger charge is 2.10. The van der Waals surface area contributed by atoms with Crippen LogP contribution in [0.2, 0.25) is 0 Å². The van der Waals surface area contributed by atoms with Gasteiger partial charge in [0.05, 0.1) is 0 Å². The van der Waals surface area contributed by atoms with Crippen LogP contribution in [-0.2, 0) is 6.42 Å². The van der Waals surface area contributed by atoms with Gasteiger partial charge < -0.3 is 5.73 Å². The number of nitrogens with zero attached hydrogens (tertiary/aromatic N) is 3. The van der Waals surface area contributed by atoms with Gasteiger partial charge in [0, 0.05) is 12.2 Å². The molecule has 0 bridgehead atoms. The van der Waals surface area contributed by atoms with Crippen LogP contribution in [0.4, 0.5) is 0 Å². The molecule has 2 aromatic heterocycles. The lowest BCUT2D eigenvalue weighted by molar-refractivity contribution is 0.722. The van der Waals surface area contributed by atoms with Gasteiger partial charge in [-0.25, -0.2) is 4.98 Å². The van der Waals surface area contributed by atoms with E-state index >= 15 is 0 Å². The quantitative estimate of drug-likeness (QED) is 0.919. The van der Waals surface area contributed by atoms with E-state index in [0.717, 1.165) is 20.8 Å². The van der Waals surface area contributed by atoms with Crippen LogP contribution in [0.3, 0.4) is 0 Å². The van der Waals surface area contributed by atoms with Crippen molar-refractivity contribution in [3.63, 3.8) is 0 Å². The molecule has 1 unspecified atom stereocenters. The van der Waals surface area contributed by atoms with Crippen molar-refractivity contribution < 1.29 is 0 Å². The molecule has 1 atom stereocenters. The van der Waals surface area contributed by atoms with E-state index in [9.17, 15) is 0 Å². The third kappa shape index (κ3) is 3.49. The van der Waals surface area contributed by atoms with E-state index in [-0.39, 0.29) is 6.04 Å². The average molecular weight is 266 g/mol. The molecule has 2 N–H and O–H groups in total. The molecule has 0 aliphatic carbocycles. The summed E-state index contributed by atoms with van der Waals surface area (Å²) in [5.74, 6) is 0. The molecule has 0 spiro atoms. The standard InChI is InChI=1S/C11H14N4S2/c1-7(12)6-9-4-3-5-13-10(9)17-11-15-14-8(2)16-11/h3-5,7H,6,12H2,1-2H3. The summed E-state index contributed by atoms with van der Waals surface area (Å²) in [6.45, 7) is 3.94. The van der Waals surface area contributed by atoms with E-state index in [1.807, 2.05) is 19.9 Å². The Morgan fingerprint density at radius 1 is 1.47 bits per heavy atom. The van der Waals surface area contributed by atoms with Crippen molar-refractivity contribution in [3.05, 3.63) is 28.9 Å². The lowest BCUT2D eigenvalue weighted by atomic mass is 10.1. The van der Waals surface area contributed by atoms with Gasteiger partial charge in [-0.2, -0.15) is 0 Å². The third-order valence-electron chi connectivity index (χ3n) is 2.08. The molecule has 0 aliphatic heterocycles. The molecule has 0 amide bonds. The maximum absolute atomic E-state index is 5.83. The topological polar surface area (TPSA) is 64.7 Å². The molecule has 90 valence electrons. The Bertz CT molecular complexity index is 496. The van der Waals surface area contributed by atoms with Crippen molar-refractivity contribution in [3.8, 4) is 0 Å². The molecule has 0 fully saturated rings. The van der Waals surface area contributed by atoms with Crippen molar-refractivity contribution in [1.82, 2.24) is 15.2 Å². The van der Waals surface area contributed by atoms with E-state index < -0.39 is 0 Å². The number of pyridine rings is 1. The van der Waals surface area contributed by atoms with Crippen LogP contribution < -0.4 is 5.73 Å². The minimum Gasteiger partial charge on any atom is -0.328 e. The minimum absolute atomic E-state index is 0.134. The Morgan fingerprint density at radius 2 is 2.29 bits per heavy atom. The average Bonchev–Trinajstić information content (AvgIpc) is 2.66. The first kappa shape index (κ1) is 12.5. The van der Waals surface area contributed by atoms with Gasteiger partial charge in [-0.05, 0) is 43.7 Å². The molecule has 0 aromatic carbocycles. The molecule has 2 aromatic rings. The number of aromatic nitrogens is 3.